The topological polar surface area (TPSA) is 173 Å². The first kappa shape index (κ1) is 28.6. The summed E-state index contributed by atoms with van der Waals surface area (Å²) in [6, 6.07) is 5.87. The molecule has 1 aliphatic heterocycles. The maximum Gasteiger partial charge on any atom is 0.229 e. The summed E-state index contributed by atoms with van der Waals surface area (Å²) in [5.41, 5.74) is 2.15. The van der Waals surface area contributed by atoms with Crippen molar-refractivity contribution in [1.82, 2.24) is 5.32 Å². The third-order valence-corrected chi connectivity index (χ3v) is 6.97. The highest BCUT2D eigenvalue weighted by Crippen LogP contribution is 2.50. The monoisotopic (exact) mass is 547 g/mol. The van der Waals surface area contributed by atoms with Crippen LogP contribution in [0.15, 0.2) is 29.1 Å². The van der Waals surface area contributed by atoms with Crippen LogP contribution in [0.1, 0.15) is 30.5 Å². The predicted octanol–water partition coefficient (Wildman–Crippen LogP) is 0.0417. The number of hydrogen-bond acceptors (Lipinski definition) is 11. The summed E-state index contributed by atoms with van der Waals surface area (Å²) in [7, 11) is 4.23. The van der Waals surface area contributed by atoms with Crippen molar-refractivity contribution in [3.05, 3.63) is 45.6 Å². The number of methoxy groups -OCH3 is 3. The number of aliphatic hydroxyl groups excluding tert-OH is 4. The van der Waals surface area contributed by atoms with Crippen molar-refractivity contribution in [2.75, 3.05) is 27.9 Å². The van der Waals surface area contributed by atoms with Crippen molar-refractivity contribution in [1.29, 1.82) is 0 Å². The number of fused-ring (bicyclic) bond motifs is 3. The fourth-order valence-electron chi connectivity index (χ4n) is 5.09. The van der Waals surface area contributed by atoms with Gasteiger partial charge in [-0.15, -0.1) is 0 Å². The number of carbonyl (C=O) groups excluding carboxylic acids is 1. The molecule has 0 bridgehead atoms. The Morgan fingerprint density at radius 3 is 2.33 bits per heavy atom. The SMILES string of the molecule is COc1c(OC2OC(CO)C(O)C(O)C2O)cc2c(c1OC)-c1ccc(OC)c(=O)cc1[C@@H](NC(C)=O)CC2. The van der Waals surface area contributed by atoms with Gasteiger partial charge in [0.2, 0.25) is 23.4 Å². The van der Waals surface area contributed by atoms with Crippen LogP contribution in [-0.4, -0.2) is 85.0 Å². The molecule has 0 aromatic heterocycles. The summed E-state index contributed by atoms with van der Waals surface area (Å²) < 4.78 is 28.1. The lowest BCUT2D eigenvalue weighted by atomic mass is 9.95. The maximum atomic E-state index is 12.9. The van der Waals surface area contributed by atoms with E-state index in [1.54, 1.807) is 18.2 Å². The first-order valence-corrected chi connectivity index (χ1v) is 12.4. The summed E-state index contributed by atoms with van der Waals surface area (Å²) in [6.45, 7) is 0.786. The summed E-state index contributed by atoms with van der Waals surface area (Å²) >= 11 is 0. The Balaban J connectivity index is 1.89. The first-order valence-electron chi connectivity index (χ1n) is 12.4. The van der Waals surface area contributed by atoms with Gasteiger partial charge >= 0.3 is 0 Å². The molecule has 12 heteroatoms. The average Bonchev–Trinajstić information content (AvgIpc) is 3.16. The van der Waals surface area contributed by atoms with Crippen LogP contribution in [0, 0.1) is 0 Å². The zero-order valence-electron chi connectivity index (χ0n) is 22.0. The minimum absolute atomic E-state index is 0.111. The minimum atomic E-state index is -1.64. The zero-order valence-corrected chi connectivity index (χ0v) is 22.0. The number of aliphatic hydroxyl groups is 4. The average molecular weight is 548 g/mol. The molecule has 2 aromatic carbocycles. The van der Waals surface area contributed by atoms with Gasteiger partial charge in [0.15, 0.2) is 17.2 Å². The zero-order chi connectivity index (χ0) is 28.4. The molecular weight excluding hydrogens is 514 g/mol. The Morgan fingerprint density at radius 2 is 1.72 bits per heavy atom. The molecule has 0 saturated carbocycles. The third-order valence-electron chi connectivity index (χ3n) is 6.97. The predicted molar refractivity (Wildman–Crippen MR) is 137 cm³/mol. The van der Waals surface area contributed by atoms with Crippen LogP contribution >= 0.6 is 0 Å². The molecular formula is C27H33NO11. The Morgan fingerprint density at radius 1 is 1.00 bits per heavy atom. The number of hydrogen-bond donors (Lipinski definition) is 5. The van der Waals surface area contributed by atoms with Gasteiger partial charge in [0.25, 0.3) is 0 Å². The number of nitrogens with one attached hydrogen (secondary N) is 1. The number of amides is 1. The van der Waals surface area contributed by atoms with Gasteiger partial charge in [-0.25, -0.2) is 0 Å². The van der Waals surface area contributed by atoms with Gasteiger partial charge in [-0.1, -0.05) is 6.07 Å². The summed E-state index contributed by atoms with van der Waals surface area (Å²) in [5, 5.41) is 43.3. The highest BCUT2D eigenvalue weighted by Gasteiger charge is 2.45. The second-order valence-corrected chi connectivity index (χ2v) is 9.36. The van der Waals surface area contributed by atoms with Crippen LogP contribution in [0.5, 0.6) is 23.0 Å². The summed E-state index contributed by atoms with van der Waals surface area (Å²) in [4.78, 5) is 24.9. The quantitative estimate of drug-likeness (QED) is 0.317. The molecule has 1 saturated heterocycles. The molecule has 39 heavy (non-hydrogen) atoms. The molecule has 4 rings (SSSR count). The van der Waals surface area contributed by atoms with Gasteiger partial charge in [0.1, 0.15) is 24.4 Å². The van der Waals surface area contributed by atoms with Crippen molar-refractivity contribution >= 4 is 5.91 Å². The lowest BCUT2D eigenvalue weighted by molar-refractivity contribution is -0.277. The van der Waals surface area contributed by atoms with Crippen molar-refractivity contribution in [3.8, 4) is 34.1 Å². The van der Waals surface area contributed by atoms with E-state index in [2.05, 4.69) is 5.32 Å². The van der Waals surface area contributed by atoms with E-state index >= 15 is 0 Å². The number of ether oxygens (including phenoxy) is 5. The van der Waals surface area contributed by atoms with Gasteiger partial charge in [-0.3, -0.25) is 9.59 Å². The molecule has 1 aliphatic carbocycles. The molecule has 0 spiro atoms. The van der Waals surface area contributed by atoms with Crippen LogP contribution in [0.25, 0.3) is 11.1 Å². The van der Waals surface area contributed by atoms with Crippen molar-refractivity contribution in [3.63, 3.8) is 0 Å². The van der Waals surface area contributed by atoms with Gasteiger partial charge < -0.3 is 49.4 Å². The standard InChI is InChI=1S/C27H33NO11/c1-12(30)28-16-7-5-13-9-19(38-27-24(34)23(33)22(32)20(11-29)39-27)25(36-3)26(37-4)21(13)14-6-8-18(35-2)17(31)10-15(14)16/h6,8-10,16,20,22-24,27,29,32-34H,5,7,11H2,1-4H3,(H,28,30)/t16-,20?,22?,23?,24?,27?/m0/s1. The summed E-state index contributed by atoms with van der Waals surface area (Å²) in [5.74, 6) is 0.368. The van der Waals surface area contributed by atoms with E-state index in [1.807, 2.05) is 0 Å². The van der Waals surface area contributed by atoms with E-state index in [0.29, 0.717) is 29.5 Å². The van der Waals surface area contributed by atoms with E-state index in [9.17, 15) is 30.0 Å². The molecule has 0 radical (unpaired) electrons. The lowest BCUT2D eigenvalue weighted by Gasteiger charge is -2.39. The van der Waals surface area contributed by atoms with Gasteiger partial charge in [-0.05, 0) is 47.7 Å². The number of aryl methyl sites for hydroxylation is 1. The van der Waals surface area contributed by atoms with E-state index in [4.69, 9.17) is 23.7 Å². The number of benzene rings is 1. The van der Waals surface area contributed by atoms with Crippen molar-refractivity contribution < 1.29 is 48.9 Å². The molecule has 5 unspecified atom stereocenters. The van der Waals surface area contributed by atoms with E-state index < -0.39 is 43.4 Å². The van der Waals surface area contributed by atoms with Gasteiger partial charge in [0.05, 0.1) is 34.0 Å². The molecule has 6 atom stereocenters. The Bertz CT molecular complexity index is 1280. The van der Waals surface area contributed by atoms with E-state index in [0.717, 1.165) is 5.56 Å². The fourth-order valence-corrected chi connectivity index (χ4v) is 5.09. The molecule has 2 aliphatic rings. The number of rotatable bonds is 7. The molecule has 12 nitrogen and oxygen atoms in total. The third kappa shape index (κ3) is 5.38. The van der Waals surface area contributed by atoms with E-state index in [1.165, 1.54) is 34.3 Å². The summed E-state index contributed by atoms with van der Waals surface area (Å²) in [6.07, 6.45) is -6.56. The molecule has 1 fully saturated rings. The Hall–Kier alpha value is -3.42. The van der Waals surface area contributed by atoms with Crippen molar-refractivity contribution in [2.45, 2.75) is 56.5 Å². The Labute approximate surface area is 224 Å². The highest BCUT2D eigenvalue weighted by atomic mass is 16.7. The smallest absolute Gasteiger partial charge is 0.229 e. The molecule has 212 valence electrons. The largest absolute Gasteiger partial charge is 0.493 e. The molecule has 1 heterocycles. The molecule has 2 aromatic rings. The van der Waals surface area contributed by atoms with Crippen LogP contribution in [-0.2, 0) is 16.0 Å². The molecule has 5 N–H and O–H groups in total. The fraction of sp³-hybridized carbons (Fsp3) is 0.481. The van der Waals surface area contributed by atoms with Gasteiger partial charge in [-0.2, -0.15) is 0 Å². The second kappa shape index (κ2) is 11.8. The lowest BCUT2D eigenvalue weighted by Crippen LogP contribution is -2.60. The number of carbonyl (C=O) groups is 1. The van der Waals surface area contributed by atoms with Crippen LogP contribution in [0.2, 0.25) is 0 Å². The maximum absolute atomic E-state index is 12.9. The Kier molecular flexibility index (Phi) is 8.62. The van der Waals surface area contributed by atoms with Crippen molar-refractivity contribution in [2.24, 2.45) is 0 Å². The first-order chi connectivity index (χ1) is 18.6. The molecule has 1 amide bonds. The normalized spacial score (nSPS) is 25.9. The van der Waals surface area contributed by atoms with Gasteiger partial charge in [0, 0.05) is 12.5 Å². The van der Waals surface area contributed by atoms with E-state index in [-0.39, 0.29) is 34.3 Å². The highest BCUT2D eigenvalue weighted by molar-refractivity contribution is 5.83. The van der Waals surface area contributed by atoms with Crippen LogP contribution in [0.4, 0.5) is 0 Å². The van der Waals surface area contributed by atoms with Crippen LogP contribution in [0.3, 0.4) is 0 Å². The minimum Gasteiger partial charge on any atom is -0.493 e. The second-order valence-electron chi connectivity index (χ2n) is 9.36. The van der Waals surface area contributed by atoms with Crippen LogP contribution < -0.4 is 29.7 Å².